The van der Waals surface area contributed by atoms with Crippen molar-refractivity contribution >= 4 is 5.97 Å². The second-order valence-electron chi connectivity index (χ2n) is 13.1. The molecular weight excluding hydrogens is 424 g/mol. The van der Waals surface area contributed by atoms with Crippen molar-refractivity contribution in [1.82, 2.24) is 0 Å². The Morgan fingerprint density at radius 3 is 2.68 bits per heavy atom. The minimum atomic E-state index is -0.738. The Labute approximate surface area is 207 Å². The van der Waals surface area contributed by atoms with Crippen molar-refractivity contribution in [2.45, 2.75) is 128 Å². The van der Waals surface area contributed by atoms with Gasteiger partial charge in [0.1, 0.15) is 6.10 Å². The highest BCUT2D eigenvalue weighted by Gasteiger charge is 2.71. The third kappa shape index (κ3) is 4.09. The molecule has 9 unspecified atom stereocenters. The summed E-state index contributed by atoms with van der Waals surface area (Å²) in [7, 11) is 0. The zero-order valence-corrected chi connectivity index (χ0v) is 21.9. The zero-order chi connectivity index (χ0) is 24.0. The molecular formula is C30H48O4. The summed E-state index contributed by atoms with van der Waals surface area (Å²) >= 11 is 0. The molecule has 5 rings (SSSR count). The molecule has 4 heteroatoms. The molecule has 5 aliphatic rings. The van der Waals surface area contributed by atoms with E-state index in [1.54, 1.807) is 0 Å². The van der Waals surface area contributed by atoms with Crippen LogP contribution in [-0.2, 0) is 14.3 Å². The van der Waals surface area contributed by atoms with Gasteiger partial charge in [-0.1, -0.05) is 58.1 Å². The smallest absolute Gasteiger partial charge is 0.312 e. The van der Waals surface area contributed by atoms with Crippen molar-refractivity contribution in [3.05, 3.63) is 12.2 Å². The standard InChI is InChI=1S/C30H48O4/c1-21-18-25-26-28(2,27(31)34-25)15-11-16-29(26,3)30(21,32)17-14-22-19-24(33-20-22)23-12-9-7-5-4-6-8-10-13-23/h9,12,21-26,32H,4-8,10-11,13-20H2,1-3H3. The van der Waals surface area contributed by atoms with Crippen LogP contribution >= 0.6 is 0 Å². The van der Waals surface area contributed by atoms with Crippen LogP contribution < -0.4 is 0 Å². The third-order valence-corrected chi connectivity index (χ3v) is 11.1. The van der Waals surface area contributed by atoms with E-state index in [0.29, 0.717) is 17.9 Å². The summed E-state index contributed by atoms with van der Waals surface area (Å²) < 4.78 is 12.3. The summed E-state index contributed by atoms with van der Waals surface area (Å²) in [5, 5.41) is 12.3. The van der Waals surface area contributed by atoms with Crippen molar-refractivity contribution in [3.63, 3.8) is 0 Å². The van der Waals surface area contributed by atoms with Gasteiger partial charge in [-0.2, -0.15) is 0 Å². The van der Waals surface area contributed by atoms with Gasteiger partial charge in [-0.3, -0.25) is 4.79 Å². The van der Waals surface area contributed by atoms with Gasteiger partial charge in [0.15, 0.2) is 0 Å². The predicted octanol–water partition coefficient (Wildman–Crippen LogP) is 6.60. The number of esters is 1. The fourth-order valence-electron chi connectivity index (χ4n) is 9.03. The van der Waals surface area contributed by atoms with Crippen LogP contribution in [0.1, 0.15) is 111 Å². The van der Waals surface area contributed by atoms with Gasteiger partial charge in [-0.05, 0) is 76.5 Å². The first-order chi connectivity index (χ1) is 16.3. The summed E-state index contributed by atoms with van der Waals surface area (Å²) in [6.07, 6.45) is 21.1. The molecule has 0 aromatic heterocycles. The minimum Gasteiger partial charge on any atom is -0.462 e. The summed E-state index contributed by atoms with van der Waals surface area (Å²) in [4.78, 5) is 12.8. The highest BCUT2D eigenvalue weighted by Crippen LogP contribution is 2.67. The second kappa shape index (κ2) is 9.54. The first-order valence-electron chi connectivity index (χ1n) is 14.5. The fraction of sp³-hybridized carbons (Fsp3) is 0.900. The maximum atomic E-state index is 12.8. The maximum Gasteiger partial charge on any atom is 0.312 e. The molecule has 0 bridgehead atoms. The van der Waals surface area contributed by atoms with Gasteiger partial charge < -0.3 is 14.6 Å². The van der Waals surface area contributed by atoms with Crippen molar-refractivity contribution in [1.29, 1.82) is 0 Å². The van der Waals surface area contributed by atoms with E-state index >= 15 is 0 Å². The molecule has 2 aliphatic heterocycles. The third-order valence-electron chi connectivity index (χ3n) is 11.1. The van der Waals surface area contributed by atoms with Gasteiger partial charge in [0.05, 0.1) is 17.1 Å². The van der Waals surface area contributed by atoms with Crippen molar-refractivity contribution in [2.24, 2.45) is 34.5 Å². The monoisotopic (exact) mass is 472 g/mol. The lowest BCUT2D eigenvalue weighted by molar-refractivity contribution is -0.219. The first kappa shape index (κ1) is 24.8. The van der Waals surface area contributed by atoms with Gasteiger partial charge in [-0.15, -0.1) is 0 Å². The van der Waals surface area contributed by atoms with E-state index in [0.717, 1.165) is 51.6 Å². The molecule has 1 N–H and O–H groups in total. The van der Waals surface area contributed by atoms with Crippen LogP contribution in [0, 0.1) is 34.5 Å². The average molecular weight is 473 g/mol. The number of aliphatic hydroxyl groups is 1. The number of ether oxygens (including phenoxy) is 2. The topological polar surface area (TPSA) is 55.8 Å². The number of carbonyl (C=O) groups is 1. The summed E-state index contributed by atoms with van der Waals surface area (Å²) in [6, 6.07) is 0. The predicted molar refractivity (Wildman–Crippen MR) is 134 cm³/mol. The Morgan fingerprint density at radius 1 is 1.03 bits per heavy atom. The van der Waals surface area contributed by atoms with Gasteiger partial charge in [0.25, 0.3) is 0 Å². The Bertz CT molecular complexity index is 778. The van der Waals surface area contributed by atoms with Crippen LogP contribution in [0.2, 0.25) is 0 Å². The van der Waals surface area contributed by atoms with Crippen LogP contribution in [0.25, 0.3) is 0 Å². The molecule has 2 saturated carbocycles. The van der Waals surface area contributed by atoms with E-state index in [1.165, 1.54) is 44.9 Å². The van der Waals surface area contributed by atoms with Gasteiger partial charge in [-0.25, -0.2) is 0 Å². The maximum absolute atomic E-state index is 12.8. The van der Waals surface area contributed by atoms with Crippen molar-refractivity contribution in [2.75, 3.05) is 6.61 Å². The number of allylic oxidation sites excluding steroid dienone is 1. The number of rotatable bonds is 4. The van der Waals surface area contributed by atoms with Crippen LogP contribution in [-0.4, -0.2) is 35.5 Å². The van der Waals surface area contributed by atoms with Crippen molar-refractivity contribution < 1.29 is 19.4 Å². The van der Waals surface area contributed by atoms with E-state index in [4.69, 9.17) is 9.47 Å². The normalized spacial score (nSPS) is 49.5. The highest BCUT2D eigenvalue weighted by molar-refractivity contribution is 5.80. The summed E-state index contributed by atoms with van der Waals surface area (Å²) in [5.41, 5.74) is -1.42. The van der Waals surface area contributed by atoms with Gasteiger partial charge >= 0.3 is 5.97 Å². The molecule has 192 valence electrons. The minimum absolute atomic E-state index is 0.0170. The number of hydrogen-bond acceptors (Lipinski definition) is 4. The Hall–Kier alpha value is -0.870. The lowest BCUT2D eigenvalue weighted by Crippen LogP contribution is -2.65. The first-order valence-corrected chi connectivity index (χ1v) is 14.5. The molecule has 4 nitrogen and oxygen atoms in total. The molecule has 3 aliphatic carbocycles. The molecule has 0 amide bonds. The van der Waals surface area contributed by atoms with Gasteiger partial charge in [0, 0.05) is 23.9 Å². The molecule has 2 saturated heterocycles. The van der Waals surface area contributed by atoms with Crippen LogP contribution in [0.5, 0.6) is 0 Å². The highest BCUT2D eigenvalue weighted by atomic mass is 16.6. The van der Waals surface area contributed by atoms with E-state index in [-0.39, 0.29) is 29.3 Å². The van der Waals surface area contributed by atoms with E-state index in [2.05, 4.69) is 32.9 Å². The molecule has 0 aromatic rings. The molecule has 9 atom stereocenters. The molecule has 4 fully saturated rings. The van der Waals surface area contributed by atoms with E-state index in [9.17, 15) is 9.90 Å². The molecule has 2 heterocycles. The Balaban J connectivity index is 1.25. The Kier molecular flexibility index (Phi) is 6.96. The molecule has 0 radical (unpaired) electrons. The van der Waals surface area contributed by atoms with Crippen LogP contribution in [0.3, 0.4) is 0 Å². The largest absolute Gasteiger partial charge is 0.462 e. The lowest BCUT2D eigenvalue weighted by Gasteiger charge is -2.61. The van der Waals surface area contributed by atoms with Crippen LogP contribution in [0.4, 0.5) is 0 Å². The molecule has 0 spiro atoms. The molecule has 34 heavy (non-hydrogen) atoms. The fourth-order valence-corrected chi connectivity index (χ4v) is 9.03. The quantitative estimate of drug-likeness (QED) is 0.370. The summed E-state index contributed by atoms with van der Waals surface area (Å²) in [6.45, 7) is 7.41. The average Bonchev–Trinajstić information content (AvgIpc) is 3.38. The SMILES string of the molecule is CC1CC2OC(=O)C3(C)CCCC(C)(C23)C1(O)CCC1COC(C2C=CCCCCCCC2)C1. The number of carbonyl (C=O) groups excluding carboxylic acids is 1. The summed E-state index contributed by atoms with van der Waals surface area (Å²) in [5.74, 6) is 1.35. The van der Waals surface area contributed by atoms with Crippen LogP contribution in [0.15, 0.2) is 12.2 Å². The van der Waals surface area contributed by atoms with Gasteiger partial charge in [0.2, 0.25) is 0 Å². The lowest BCUT2D eigenvalue weighted by atomic mass is 9.44. The molecule has 0 aromatic carbocycles. The number of hydrogen-bond donors (Lipinski definition) is 1. The van der Waals surface area contributed by atoms with Crippen molar-refractivity contribution in [3.8, 4) is 0 Å². The van der Waals surface area contributed by atoms with E-state index < -0.39 is 11.0 Å². The van der Waals surface area contributed by atoms with E-state index in [1.807, 2.05) is 0 Å². The zero-order valence-electron chi connectivity index (χ0n) is 21.9. The second-order valence-corrected chi connectivity index (χ2v) is 13.1. The Morgan fingerprint density at radius 2 is 1.82 bits per heavy atom.